The first kappa shape index (κ1) is 12.3. The summed E-state index contributed by atoms with van der Waals surface area (Å²) in [7, 11) is 0. The van der Waals surface area contributed by atoms with Gasteiger partial charge in [0.25, 0.3) is 0 Å². The highest BCUT2D eigenvalue weighted by molar-refractivity contribution is 6.40. The van der Waals surface area contributed by atoms with Crippen LogP contribution in [0.4, 0.5) is 0 Å². The molecule has 0 saturated heterocycles. The topological polar surface area (TPSA) is 40.5 Å². The molecule has 3 nitrogen and oxygen atoms in total. The number of carboxylic acids is 1. The second kappa shape index (κ2) is 6.78. The summed E-state index contributed by atoms with van der Waals surface area (Å²) in [5.74, 6) is -1.07. The fourth-order valence-corrected chi connectivity index (χ4v) is 1.17. The lowest BCUT2D eigenvalue weighted by Crippen LogP contribution is -2.20. The van der Waals surface area contributed by atoms with Crippen LogP contribution >= 0.6 is 11.6 Å². The number of nitrogens with zero attached hydrogens (tertiary/aromatic N) is 1. The second-order valence-electron chi connectivity index (χ2n) is 2.82. The van der Waals surface area contributed by atoms with Gasteiger partial charge in [0.2, 0.25) is 0 Å². The van der Waals surface area contributed by atoms with E-state index in [9.17, 15) is 4.79 Å². The summed E-state index contributed by atoms with van der Waals surface area (Å²) in [6, 6.07) is 0. The molecule has 0 aliphatic carbocycles. The molecule has 0 rings (SSSR count). The van der Waals surface area contributed by atoms with Crippen molar-refractivity contribution in [2.75, 3.05) is 13.1 Å². The molecule has 0 aliphatic rings. The highest BCUT2D eigenvalue weighted by atomic mass is 35.5. The van der Waals surface area contributed by atoms with Crippen LogP contribution in [0.15, 0.2) is 11.2 Å². The van der Waals surface area contributed by atoms with Crippen molar-refractivity contribution in [3.8, 4) is 0 Å². The summed E-state index contributed by atoms with van der Waals surface area (Å²) in [5.41, 5.74) is 0. The standard InChI is InChI=1S/C9H16ClNO2/c1-3-5-11(6-4-2)7-8(10)9(12)13/h7H,3-6H2,1-2H3,(H,12,13)/b8-7-. The summed E-state index contributed by atoms with van der Waals surface area (Å²) in [5, 5.41) is 8.42. The molecule has 0 aromatic heterocycles. The van der Waals surface area contributed by atoms with E-state index in [2.05, 4.69) is 0 Å². The predicted octanol–water partition coefficient (Wildman–Crippen LogP) is 2.27. The van der Waals surface area contributed by atoms with Gasteiger partial charge in [-0.05, 0) is 12.8 Å². The van der Waals surface area contributed by atoms with Crippen LogP contribution in [0.1, 0.15) is 26.7 Å². The van der Waals surface area contributed by atoms with Crippen molar-refractivity contribution < 1.29 is 9.90 Å². The van der Waals surface area contributed by atoms with Crippen molar-refractivity contribution in [3.63, 3.8) is 0 Å². The van der Waals surface area contributed by atoms with E-state index in [0.717, 1.165) is 25.9 Å². The minimum absolute atomic E-state index is 0.123. The van der Waals surface area contributed by atoms with Crippen LogP contribution in [0.3, 0.4) is 0 Å². The molecule has 0 spiro atoms. The van der Waals surface area contributed by atoms with E-state index in [4.69, 9.17) is 16.7 Å². The average Bonchev–Trinajstić information content (AvgIpc) is 2.05. The number of carbonyl (C=O) groups is 1. The van der Waals surface area contributed by atoms with Crippen LogP contribution in [0.25, 0.3) is 0 Å². The molecule has 0 aliphatic heterocycles. The molecule has 13 heavy (non-hydrogen) atoms. The van der Waals surface area contributed by atoms with E-state index in [0.29, 0.717) is 0 Å². The molecular weight excluding hydrogens is 190 g/mol. The van der Waals surface area contributed by atoms with Gasteiger partial charge >= 0.3 is 5.97 Å². The monoisotopic (exact) mass is 205 g/mol. The van der Waals surface area contributed by atoms with Crippen LogP contribution < -0.4 is 0 Å². The third-order valence-electron chi connectivity index (χ3n) is 1.52. The quantitative estimate of drug-likeness (QED) is 0.677. The lowest BCUT2D eigenvalue weighted by Gasteiger charge is -2.18. The van der Waals surface area contributed by atoms with Gasteiger partial charge in [-0.3, -0.25) is 0 Å². The average molecular weight is 206 g/mol. The van der Waals surface area contributed by atoms with E-state index in [-0.39, 0.29) is 5.03 Å². The molecule has 76 valence electrons. The molecule has 0 radical (unpaired) electrons. The number of aliphatic carboxylic acids is 1. The Morgan fingerprint density at radius 2 is 1.85 bits per heavy atom. The fraction of sp³-hybridized carbons (Fsp3) is 0.667. The van der Waals surface area contributed by atoms with Gasteiger partial charge in [0.05, 0.1) is 0 Å². The molecule has 0 amide bonds. The van der Waals surface area contributed by atoms with Gasteiger partial charge in [0.1, 0.15) is 5.03 Å². The van der Waals surface area contributed by atoms with Crippen molar-refractivity contribution in [3.05, 3.63) is 11.2 Å². The van der Waals surface area contributed by atoms with Gasteiger partial charge < -0.3 is 10.0 Å². The van der Waals surface area contributed by atoms with Crippen LogP contribution in [-0.2, 0) is 4.79 Å². The van der Waals surface area contributed by atoms with Crippen molar-refractivity contribution in [1.82, 2.24) is 4.90 Å². The first-order chi connectivity index (χ1) is 6.11. The molecule has 0 atom stereocenters. The Labute approximate surface area is 84.0 Å². The predicted molar refractivity (Wildman–Crippen MR) is 53.7 cm³/mol. The maximum absolute atomic E-state index is 10.4. The molecule has 0 heterocycles. The zero-order valence-corrected chi connectivity index (χ0v) is 8.84. The first-order valence-electron chi connectivity index (χ1n) is 4.46. The normalized spacial score (nSPS) is 11.5. The van der Waals surface area contributed by atoms with Gasteiger partial charge in [-0.1, -0.05) is 25.4 Å². The number of carboxylic acid groups (broad SMARTS) is 1. The summed E-state index contributed by atoms with van der Waals surface area (Å²) in [4.78, 5) is 12.3. The number of rotatable bonds is 6. The molecule has 0 aromatic carbocycles. The van der Waals surface area contributed by atoms with E-state index in [1.165, 1.54) is 6.20 Å². The van der Waals surface area contributed by atoms with E-state index < -0.39 is 5.97 Å². The lowest BCUT2D eigenvalue weighted by atomic mass is 10.3. The second-order valence-corrected chi connectivity index (χ2v) is 3.23. The Morgan fingerprint density at radius 3 is 2.15 bits per heavy atom. The summed E-state index contributed by atoms with van der Waals surface area (Å²) < 4.78 is 0. The third kappa shape index (κ3) is 5.53. The smallest absolute Gasteiger partial charge is 0.348 e. The molecule has 0 unspecified atom stereocenters. The first-order valence-corrected chi connectivity index (χ1v) is 4.84. The molecule has 0 aromatic rings. The molecule has 0 fully saturated rings. The fourth-order valence-electron chi connectivity index (χ4n) is 1.03. The Bertz CT molecular complexity index is 186. The Hall–Kier alpha value is -0.700. The minimum Gasteiger partial charge on any atom is -0.477 e. The van der Waals surface area contributed by atoms with Gasteiger partial charge in [-0.2, -0.15) is 0 Å². The summed E-state index contributed by atoms with van der Waals surface area (Å²) >= 11 is 5.50. The molecule has 1 N–H and O–H groups in total. The molecular formula is C9H16ClNO2. The molecule has 0 saturated carbocycles. The maximum atomic E-state index is 10.4. The highest BCUT2D eigenvalue weighted by Gasteiger charge is 2.05. The minimum atomic E-state index is -1.07. The molecule has 4 heteroatoms. The largest absolute Gasteiger partial charge is 0.477 e. The van der Waals surface area contributed by atoms with Crippen LogP contribution in [-0.4, -0.2) is 29.1 Å². The Kier molecular flexibility index (Phi) is 6.41. The van der Waals surface area contributed by atoms with Gasteiger partial charge in [-0.15, -0.1) is 0 Å². The zero-order valence-electron chi connectivity index (χ0n) is 8.09. The van der Waals surface area contributed by atoms with E-state index in [1.54, 1.807) is 0 Å². The number of hydrogen-bond acceptors (Lipinski definition) is 2. The van der Waals surface area contributed by atoms with Gasteiger partial charge in [-0.25, -0.2) is 4.79 Å². The SMILES string of the molecule is CCCN(/C=C(\Cl)C(=O)O)CCC. The summed E-state index contributed by atoms with van der Waals surface area (Å²) in [6.07, 6.45) is 3.47. The lowest BCUT2D eigenvalue weighted by molar-refractivity contribution is -0.131. The Morgan fingerprint density at radius 1 is 1.38 bits per heavy atom. The highest BCUT2D eigenvalue weighted by Crippen LogP contribution is 2.05. The Balaban J connectivity index is 4.20. The van der Waals surface area contributed by atoms with Crippen molar-refractivity contribution >= 4 is 17.6 Å². The van der Waals surface area contributed by atoms with E-state index in [1.807, 2.05) is 18.7 Å². The van der Waals surface area contributed by atoms with Crippen molar-refractivity contribution in [2.24, 2.45) is 0 Å². The summed E-state index contributed by atoms with van der Waals surface area (Å²) in [6.45, 7) is 5.78. The van der Waals surface area contributed by atoms with Gasteiger partial charge in [0, 0.05) is 19.3 Å². The maximum Gasteiger partial charge on any atom is 0.348 e. The number of hydrogen-bond donors (Lipinski definition) is 1. The van der Waals surface area contributed by atoms with Crippen LogP contribution in [0.2, 0.25) is 0 Å². The number of halogens is 1. The third-order valence-corrected chi connectivity index (χ3v) is 1.78. The van der Waals surface area contributed by atoms with Crippen LogP contribution in [0, 0.1) is 0 Å². The van der Waals surface area contributed by atoms with Crippen molar-refractivity contribution in [2.45, 2.75) is 26.7 Å². The van der Waals surface area contributed by atoms with Crippen molar-refractivity contribution in [1.29, 1.82) is 0 Å². The zero-order chi connectivity index (χ0) is 10.3. The van der Waals surface area contributed by atoms with Gasteiger partial charge in [0.15, 0.2) is 0 Å². The molecule has 0 bridgehead atoms. The van der Waals surface area contributed by atoms with Crippen LogP contribution in [0.5, 0.6) is 0 Å². The van der Waals surface area contributed by atoms with E-state index >= 15 is 0 Å².